The molecule has 9 nitrogen and oxygen atoms in total. The van der Waals surface area contributed by atoms with E-state index in [2.05, 4.69) is 10.6 Å². The molecular weight excluding hydrogens is 484 g/mol. The first-order valence-corrected chi connectivity index (χ1v) is 12.2. The predicted octanol–water partition coefficient (Wildman–Crippen LogP) is 3.70. The van der Waals surface area contributed by atoms with Gasteiger partial charge in [0.05, 0.1) is 24.5 Å². The van der Waals surface area contributed by atoms with E-state index in [0.717, 1.165) is 11.1 Å². The van der Waals surface area contributed by atoms with Crippen molar-refractivity contribution in [1.29, 1.82) is 0 Å². The first-order chi connectivity index (χ1) is 18.3. The van der Waals surface area contributed by atoms with E-state index >= 15 is 0 Å². The van der Waals surface area contributed by atoms with Gasteiger partial charge >= 0.3 is 6.03 Å². The fourth-order valence-corrected chi connectivity index (χ4v) is 4.46. The maximum absolute atomic E-state index is 13.9. The number of nitrogens with one attached hydrogen (secondary N) is 2. The fourth-order valence-electron chi connectivity index (χ4n) is 4.46. The highest BCUT2D eigenvalue weighted by molar-refractivity contribution is 6.12. The standard InChI is InChI=1S/C29H30N4O5/c1-19-9-8-11-21(15-19)30-29(37)31-23-16-32(27(35)18-38-3)24-13-6-7-14-25(24)33(28(23)36)17-26(34)22-12-5-4-10-20(22)2/h4-15,23H,16-18H2,1-3H3,(H2,30,31,37). The molecule has 1 aliphatic rings. The van der Waals surface area contributed by atoms with Crippen LogP contribution in [0, 0.1) is 13.8 Å². The minimum atomic E-state index is -1.13. The van der Waals surface area contributed by atoms with Crippen molar-refractivity contribution in [3.05, 3.63) is 89.5 Å². The monoisotopic (exact) mass is 514 g/mol. The normalized spacial score (nSPS) is 14.9. The molecule has 4 amide bonds. The van der Waals surface area contributed by atoms with Crippen LogP contribution in [0.2, 0.25) is 0 Å². The number of anilines is 3. The maximum atomic E-state index is 13.9. The molecule has 0 bridgehead atoms. The number of aryl methyl sites for hydroxylation is 2. The smallest absolute Gasteiger partial charge is 0.319 e. The molecule has 1 atom stereocenters. The first-order valence-electron chi connectivity index (χ1n) is 12.2. The van der Waals surface area contributed by atoms with E-state index in [9.17, 15) is 19.2 Å². The second-order valence-corrected chi connectivity index (χ2v) is 9.11. The van der Waals surface area contributed by atoms with E-state index in [1.807, 2.05) is 38.1 Å². The lowest BCUT2D eigenvalue weighted by molar-refractivity contribution is -0.122. The van der Waals surface area contributed by atoms with E-state index in [-0.39, 0.29) is 31.4 Å². The zero-order valence-corrected chi connectivity index (χ0v) is 21.6. The summed E-state index contributed by atoms with van der Waals surface area (Å²) in [6.07, 6.45) is 0. The van der Waals surface area contributed by atoms with Gasteiger partial charge in [-0.25, -0.2) is 4.79 Å². The molecule has 0 aliphatic carbocycles. The van der Waals surface area contributed by atoms with Crippen molar-refractivity contribution in [1.82, 2.24) is 5.32 Å². The summed E-state index contributed by atoms with van der Waals surface area (Å²) >= 11 is 0. The number of fused-ring (bicyclic) bond motifs is 1. The van der Waals surface area contributed by atoms with Crippen LogP contribution in [0.25, 0.3) is 0 Å². The second-order valence-electron chi connectivity index (χ2n) is 9.11. The average Bonchev–Trinajstić information content (AvgIpc) is 3.00. The number of carbonyl (C=O) groups is 4. The third-order valence-electron chi connectivity index (χ3n) is 6.29. The largest absolute Gasteiger partial charge is 0.375 e. The lowest BCUT2D eigenvalue weighted by Gasteiger charge is -2.25. The number of para-hydroxylation sites is 2. The van der Waals surface area contributed by atoms with E-state index < -0.39 is 18.0 Å². The number of ether oxygens (including phenoxy) is 1. The number of nitrogens with zero attached hydrogens (tertiary/aromatic N) is 2. The molecule has 2 N–H and O–H groups in total. The summed E-state index contributed by atoms with van der Waals surface area (Å²) in [4.78, 5) is 55.9. The number of rotatable bonds is 7. The Morgan fingerprint density at radius 2 is 1.66 bits per heavy atom. The molecule has 0 aromatic heterocycles. The molecule has 3 aromatic rings. The predicted molar refractivity (Wildman–Crippen MR) is 146 cm³/mol. The number of amides is 4. The van der Waals surface area contributed by atoms with Crippen LogP contribution in [0.3, 0.4) is 0 Å². The van der Waals surface area contributed by atoms with Crippen LogP contribution in [-0.4, -0.2) is 56.5 Å². The first kappa shape index (κ1) is 26.6. The summed E-state index contributed by atoms with van der Waals surface area (Å²) in [5.74, 6) is -1.15. The summed E-state index contributed by atoms with van der Waals surface area (Å²) < 4.78 is 5.06. The third-order valence-corrected chi connectivity index (χ3v) is 6.29. The summed E-state index contributed by atoms with van der Waals surface area (Å²) in [5, 5.41) is 5.44. The highest BCUT2D eigenvalue weighted by Crippen LogP contribution is 2.33. The summed E-state index contributed by atoms with van der Waals surface area (Å²) in [6, 6.07) is 19.5. The minimum absolute atomic E-state index is 0.131. The quantitative estimate of drug-likeness (QED) is 0.468. The highest BCUT2D eigenvalue weighted by atomic mass is 16.5. The SMILES string of the molecule is COCC(=O)N1CC(NC(=O)Nc2cccc(C)c2)C(=O)N(CC(=O)c2ccccc2C)c2ccccc21. The minimum Gasteiger partial charge on any atom is -0.375 e. The number of methoxy groups -OCH3 is 1. The summed E-state index contributed by atoms with van der Waals surface area (Å²) in [7, 11) is 1.41. The molecule has 0 saturated carbocycles. The van der Waals surface area contributed by atoms with Gasteiger partial charge in [-0.1, -0.05) is 48.5 Å². The molecule has 1 aliphatic heterocycles. The number of ketones is 1. The Hall–Kier alpha value is -4.50. The molecule has 3 aromatic carbocycles. The van der Waals surface area contributed by atoms with Crippen LogP contribution in [0.1, 0.15) is 21.5 Å². The van der Waals surface area contributed by atoms with Crippen LogP contribution in [0.15, 0.2) is 72.8 Å². The van der Waals surface area contributed by atoms with Crippen LogP contribution in [0.4, 0.5) is 21.9 Å². The van der Waals surface area contributed by atoms with Crippen LogP contribution in [-0.2, 0) is 14.3 Å². The van der Waals surface area contributed by atoms with Crippen molar-refractivity contribution in [3.63, 3.8) is 0 Å². The topological polar surface area (TPSA) is 108 Å². The number of Topliss-reactive ketones (excluding diaryl/α,β-unsaturated/α-hetero) is 1. The molecule has 196 valence electrons. The van der Waals surface area contributed by atoms with Gasteiger partial charge < -0.3 is 25.2 Å². The van der Waals surface area contributed by atoms with E-state index in [0.29, 0.717) is 22.6 Å². The molecule has 0 radical (unpaired) electrons. The zero-order valence-electron chi connectivity index (χ0n) is 21.6. The third kappa shape index (κ3) is 5.90. The maximum Gasteiger partial charge on any atom is 0.319 e. The van der Waals surface area contributed by atoms with Gasteiger partial charge in [0.15, 0.2) is 5.78 Å². The van der Waals surface area contributed by atoms with Gasteiger partial charge in [-0.15, -0.1) is 0 Å². The van der Waals surface area contributed by atoms with E-state index in [4.69, 9.17) is 4.74 Å². The molecule has 0 spiro atoms. The van der Waals surface area contributed by atoms with Crippen LogP contribution in [0.5, 0.6) is 0 Å². The Kier molecular flexibility index (Phi) is 8.18. The van der Waals surface area contributed by atoms with Gasteiger partial charge in [-0.3, -0.25) is 14.4 Å². The van der Waals surface area contributed by atoms with Crippen molar-refractivity contribution in [2.75, 3.05) is 41.9 Å². The van der Waals surface area contributed by atoms with Gasteiger partial charge in [-0.2, -0.15) is 0 Å². The fraction of sp³-hybridized carbons (Fsp3) is 0.241. The van der Waals surface area contributed by atoms with Crippen LogP contribution >= 0.6 is 0 Å². The van der Waals surface area contributed by atoms with Crippen molar-refractivity contribution < 1.29 is 23.9 Å². The van der Waals surface area contributed by atoms with Gasteiger partial charge in [0.2, 0.25) is 0 Å². The molecular formula is C29H30N4O5. The molecule has 1 heterocycles. The Balaban J connectivity index is 1.69. The number of carbonyl (C=O) groups excluding carboxylic acids is 4. The number of urea groups is 1. The van der Waals surface area contributed by atoms with Crippen molar-refractivity contribution >= 4 is 40.7 Å². The Morgan fingerprint density at radius 3 is 2.37 bits per heavy atom. The second kappa shape index (κ2) is 11.7. The molecule has 0 fully saturated rings. The zero-order chi connectivity index (χ0) is 27.2. The van der Waals surface area contributed by atoms with Crippen LogP contribution < -0.4 is 20.4 Å². The summed E-state index contributed by atoms with van der Waals surface area (Å²) in [5.41, 5.74) is 3.65. The molecule has 1 unspecified atom stereocenters. The van der Waals surface area contributed by atoms with E-state index in [1.165, 1.54) is 16.9 Å². The number of hydrogen-bond acceptors (Lipinski definition) is 5. The van der Waals surface area contributed by atoms with Crippen molar-refractivity contribution in [2.24, 2.45) is 0 Å². The Bertz CT molecular complexity index is 1370. The number of benzene rings is 3. The lowest BCUT2D eigenvalue weighted by atomic mass is 10.0. The van der Waals surface area contributed by atoms with Gasteiger partial charge in [0, 0.05) is 18.4 Å². The molecule has 4 rings (SSSR count). The molecule has 38 heavy (non-hydrogen) atoms. The van der Waals surface area contributed by atoms with Gasteiger partial charge in [0.25, 0.3) is 11.8 Å². The number of hydrogen-bond donors (Lipinski definition) is 2. The van der Waals surface area contributed by atoms with Gasteiger partial charge in [0.1, 0.15) is 12.6 Å². The van der Waals surface area contributed by atoms with Crippen molar-refractivity contribution in [3.8, 4) is 0 Å². The lowest BCUT2D eigenvalue weighted by Crippen LogP contribution is -2.54. The highest BCUT2D eigenvalue weighted by Gasteiger charge is 2.37. The molecule has 9 heteroatoms. The Morgan fingerprint density at radius 1 is 0.947 bits per heavy atom. The van der Waals surface area contributed by atoms with Crippen molar-refractivity contribution in [2.45, 2.75) is 19.9 Å². The Labute approximate surface area is 221 Å². The molecule has 0 saturated heterocycles. The average molecular weight is 515 g/mol. The van der Waals surface area contributed by atoms with Gasteiger partial charge in [-0.05, 0) is 49.2 Å². The van der Waals surface area contributed by atoms with E-state index in [1.54, 1.807) is 48.5 Å². The summed E-state index contributed by atoms with van der Waals surface area (Å²) in [6.45, 7) is 3.13.